The summed E-state index contributed by atoms with van der Waals surface area (Å²) in [7, 11) is 1.81. The van der Waals surface area contributed by atoms with Gasteiger partial charge in [0, 0.05) is 12.1 Å². The first-order valence-corrected chi connectivity index (χ1v) is 5.14. The SMILES string of the molecule is CNCC(O)c1cccc(-c2ncco2)c1. The smallest absolute Gasteiger partial charge is 0.225 e. The summed E-state index contributed by atoms with van der Waals surface area (Å²) < 4.78 is 5.21. The fraction of sp³-hybridized carbons (Fsp3) is 0.250. The number of nitrogens with one attached hydrogen (secondary N) is 1. The summed E-state index contributed by atoms with van der Waals surface area (Å²) in [6.45, 7) is 0.523. The molecule has 0 bridgehead atoms. The molecule has 1 aromatic carbocycles. The molecule has 1 heterocycles. The normalized spacial score (nSPS) is 12.6. The van der Waals surface area contributed by atoms with Crippen LogP contribution in [-0.2, 0) is 0 Å². The molecule has 2 N–H and O–H groups in total. The molecule has 16 heavy (non-hydrogen) atoms. The van der Waals surface area contributed by atoms with Crippen LogP contribution in [0.4, 0.5) is 0 Å². The van der Waals surface area contributed by atoms with Gasteiger partial charge in [0.25, 0.3) is 0 Å². The average Bonchev–Trinajstić information content (AvgIpc) is 2.83. The van der Waals surface area contributed by atoms with Gasteiger partial charge >= 0.3 is 0 Å². The van der Waals surface area contributed by atoms with E-state index in [1.165, 1.54) is 6.26 Å². The van der Waals surface area contributed by atoms with Crippen LogP contribution in [0.3, 0.4) is 0 Å². The molecule has 0 aliphatic heterocycles. The molecule has 0 amide bonds. The molecule has 2 aromatic rings. The summed E-state index contributed by atoms with van der Waals surface area (Å²) >= 11 is 0. The second-order valence-corrected chi connectivity index (χ2v) is 3.54. The first kappa shape index (κ1) is 10.9. The molecule has 0 saturated carbocycles. The molecule has 4 nitrogen and oxygen atoms in total. The van der Waals surface area contributed by atoms with E-state index in [-0.39, 0.29) is 0 Å². The van der Waals surface area contributed by atoms with Crippen LogP contribution in [0, 0.1) is 0 Å². The summed E-state index contributed by atoms with van der Waals surface area (Å²) in [6, 6.07) is 7.55. The van der Waals surface area contributed by atoms with Crippen molar-refractivity contribution in [1.29, 1.82) is 0 Å². The Kier molecular flexibility index (Phi) is 3.34. The van der Waals surface area contributed by atoms with Gasteiger partial charge in [0.05, 0.1) is 12.3 Å². The molecule has 84 valence electrons. The predicted octanol–water partition coefficient (Wildman–Crippen LogP) is 1.59. The summed E-state index contributed by atoms with van der Waals surface area (Å²) in [4.78, 5) is 4.07. The van der Waals surface area contributed by atoms with Crippen molar-refractivity contribution in [3.05, 3.63) is 42.3 Å². The largest absolute Gasteiger partial charge is 0.445 e. The molecule has 0 aliphatic carbocycles. The first-order chi connectivity index (χ1) is 7.81. The van der Waals surface area contributed by atoms with Crippen molar-refractivity contribution in [3.8, 4) is 11.5 Å². The fourth-order valence-electron chi connectivity index (χ4n) is 1.56. The number of rotatable bonds is 4. The number of aliphatic hydroxyl groups is 1. The van der Waals surface area contributed by atoms with Gasteiger partial charge in [-0.1, -0.05) is 12.1 Å². The standard InChI is InChI=1S/C12H14N2O2/c1-13-8-11(15)9-3-2-4-10(7-9)12-14-5-6-16-12/h2-7,11,13,15H,8H2,1H3. The van der Waals surface area contributed by atoms with Crippen molar-refractivity contribution >= 4 is 0 Å². The Bertz CT molecular complexity index is 440. The molecule has 0 radical (unpaired) electrons. The van der Waals surface area contributed by atoms with E-state index in [0.29, 0.717) is 12.4 Å². The minimum atomic E-state index is -0.514. The zero-order valence-corrected chi connectivity index (χ0v) is 9.05. The Hall–Kier alpha value is -1.65. The Morgan fingerprint density at radius 2 is 2.38 bits per heavy atom. The number of oxazole rings is 1. The zero-order chi connectivity index (χ0) is 11.4. The van der Waals surface area contributed by atoms with Crippen molar-refractivity contribution in [3.63, 3.8) is 0 Å². The highest BCUT2D eigenvalue weighted by molar-refractivity contribution is 5.54. The number of benzene rings is 1. The van der Waals surface area contributed by atoms with Crippen LogP contribution >= 0.6 is 0 Å². The van der Waals surface area contributed by atoms with Crippen molar-refractivity contribution in [1.82, 2.24) is 10.3 Å². The van der Waals surface area contributed by atoms with Gasteiger partial charge in [-0.05, 0) is 24.7 Å². The molecule has 0 aliphatic rings. The van der Waals surface area contributed by atoms with Crippen LogP contribution in [-0.4, -0.2) is 23.7 Å². The Morgan fingerprint density at radius 3 is 3.06 bits per heavy atom. The van der Waals surface area contributed by atoms with Crippen LogP contribution in [0.15, 0.2) is 41.1 Å². The number of aliphatic hydroxyl groups excluding tert-OH is 1. The number of hydrogen-bond donors (Lipinski definition) is 2. The molecule has 1 atom stereocenters. The monoisotopic (exact) mass is 218 g/mol. The van der Waals surface area contributed by atoms with E-state index in [1.54, 1.807) is 13.2 Å². The Morgan fingerprint density at radius 1 is 1.50 bits per heavy atom. The highest BCUT2D eigenvalue weighted by Gasteiger charge is 2.08. The molecule has 1 aromatic heterocycles. The topological polar surface area (TPSA) is 58.3 Å². The van der Waals surface area contributed by atoms with E-state index in [1.807, 2.05) is 24.3 Å². The number of hydrogen-bond acceptors (Lipinski definition) is 4. The maximum absolute atomic E-state index is 9.83. The molecule has 1 unspecified atom stereocenters. The minimum absolute atomic E-state index is 0.514. The second kappa shape index (κ2) is 4.92. The van der Waals surface area contributed by atoms with Crippen molar-refractivity contribution in [2.75, 3.05) is 13.6 Å². The molecule has 0 spiro atoms. The van der Waals surface area contributed by atoms with Gasteiger partial charge in [0.15, 0.2) is 0 Å². The van der Waals surface area contributed by atoms with Crippen LogP contribution in [0.1, 0.15) is 11.7 Å². The van der Waals surface area contributed by atoms with Gasteiger partial charge < -0.3 is 14.8 Å². The molecule has 0 fully saturated rings. The summed E-state index contributed by atoms with van der Waals surface area (Å²) in [6.07, 6.45) is 2.62. The third-order valence-electron chi connectivity index (χ3n) is 2.35. The highest BCUT2D eigenvalue weighted by Crippen LogP contribution is 2.21. The second-order valence-electron chi connectivity index (χ2n) is 3.54. The van der Waals surface area contributed by atoms with E-state index in [0.717, 1.165) is 11.1 Å². The van der Waals surface area contributed by atoms with Crippen molar-refractivity contribution in [2.24, 2.45) is 0 Å². The van der Waals surface area contributed by atoms with E-state index in [9.17, 15) is 5.11 Å². The number of aromatic nitrogens is 1. The van der Waals surface area contributed by atoms with E-state index >= 15 is 0 Å². The van der Waals surface area contributed by atoms with Gasteiger partial charge in [-0.3, -0.25) is 0 Å². The fourth-order valence-corrected chi connectivity index (χ4v) is 1.56. The van der Waals surface area contributed by atoms with E-state index < -0.39 is 6.10 Å². The highest BCUT2D eigenvalue weighted by atomic mass is 16.3. The molecular weight excluding hydrogens is 204 g/mol. The maximum atomic E-state index is 9.83. The van der Waals surface area contributed by atoms with Gasteiger partial charge in [0.2, 0.25) is 5.89 Å². The Labute approximate surface area is 93.9 Å². The van der Waals surface area contributed by atoms with E-state index in [2.05, 4.69) is 10.3 Å². The zero-order valence-electron chi connectivity index (χ0n) is 9.05. The van der Waals surface area contributed by atoms with E-state index in [4.69, 9.17) is 4.42 Å². The summed E-state index contributed by atoms with van der Waals surface area (Å²) in [5.41, 5.74) is 1.72. The first-order valence-electron chi connectivity index (χ1n) is 5.14. The molecule has 2 rings (SSSR count). The van der Waals surface area contributed by atoms with Crippen LogP contribution in [0.5, 0.6) is 0 Å². The molecule has 0 saturated heterocycles. The van der Waals surface area contributed by atoms with Gasteiger partial charge in [-0.15, -0.1) is 0 Å². The Balaban J connectivity index is 2.26. The number of likely N-dealkylation sites (N-methyl/N-ethyl adjacent to an activating group) is 1. The van der Waals surface area contributed by atoms with Crippen molar-refractivity contribution in [2.45, 2.75) is 6.10 Å². The third-order valence-corrected chi connectivity index (χ3v) is 2.35. The lowest BCUT2D eigenvalue weighted by molar-refractivity contribution is 0.178. The average molecular weight is 218 g/mol. The van der Waals surface area contributed by atoms with Crippen molar-refractivity contribution < 1.29 is 9.52 Å². The van der Waals surface area contributed by atoms with Gasteiger partial charge in [-0.2, -0.15) is 0 Å². The van der Waals surface area contributed by atoms with Gasteiger partial charge in [0.1, 0.15) is 6.26 Å². The lowest BCUT2D eigenvalue weighted by Gasteiger charge is -2.10. The maximum Gasteiger partial charge on any atom is 0.225 e. The lowest BCUT2D eigenvalue weighted by Crippen LogP contribution is -2.16. The quantitative estimate of drug-likeness (QED) is 0.818. The minimum Gasteiger partial charge on any atom is -0.445 e. The predicted molar refractivity (Wildman–Crippen MR) is 60.8 cm³/mol. The molecular formula is C12H14N2O2. The lowest BCUT2D eigenvalue weighted by atomic mass is 10.1. The van der Waals surface area contributed by atoms with Crippen LogP contribution in [0.2, 0.25) is 0 Å². The third kappa shape index (κ3) is 2.29. The van der Waals surface area contributed by atoms with Gasteiger partial charge in [-0.25, -0.2) is 4.98 Å². The molecule has 4 heteroatoms. The summed E-state index contributed by atoms with van der Waals surface area (Å²) in [5.74, 6) is 0.568. The summed E-state index contributed by atoms with van der Waals surface area (Å²) in [5, 5.41) is 12.8. The number of nitrogens with zero attached hydrogens (tertiary/aromatic N) is 1. The van der Waals surface area contributed by atoms with Crippen LogP contribution in [0.25, 0.3) is 11.5 Å². The van der Waals surface area contributed by atoms with Crippen LogP contribution < -0.4 is 5.32 Å².